The molecule has 0 aliphatic rings. The number of hydrogen-bond donors (Lipinski definition) is 0. The molecule has 0 aromatic heterocycles. The molecule has 0 spiro atoms. The van der Waals surface area contributed by atoms with E-state index in [9.17, 15) is 9.18 Å². The number of halogens is 2. The van der Waals surface area contributed by atoms with Gasteiger partial charge in [0.05, 0.1) is 11.6 Å². The first-order valence-corrected chi connectivity index (χ1v) is 6.46. The second-order valence-electron chi connectivity index (χ2n) is 4.14. The lowest BCUT2D eigenvalue weighted by atomic mass is 9.99. The molecule has 98 valence electrons. The summed E-state index contributed by atoms with van der Waals surface area (Å²) >= 11 is 3.34. The lowest BCUT2D eigenvalue weighted by Crippen LogP contribution is -2.04. The molecule has 0 N–H and O–H groups in total. The molecule has 0 saturated carbocycles. The number of ketones is 1. The van der Waals surface area contributed by atoms with Gasteiger partial charge in [0.25, 0.3) is 0 Å². The predicted molar refractivity (Wildman–Crippen MR) is 75.3 cm³/mol. The van der Waals surface area contributed by atoms with Crippen LogP contribution < -0.4 is 4.74 Å². The van der Waals surface area contributed by atoms with Crippen LogP contribution in [-0.4, -0.2) is 12.9 Å². The van der Waals surface area contributed by atoms with Crippen molar-refractivity contribution in [3.63, 3.8) is 0 Å². The lowest BCUT2D eigenvalue weighted by Gasteiger charge is -2.08. The van der Waals surface area contributed by atoms with E-state index in [0.29, 0.717) is 26.9 Å². The van der Waals surface area contributed by atoms with Crippen molar-refractivity contribution in [1.82, 2.24) is 0 Å². The van der Waals surface area contributed by atoms with E-state index < -0.39 is 0 Å². The number of carbonyl (C=O) groups excluding carboxylic acids is 1. The number of ether oxygens (including phenoxy) is 1. The van der Waals surface area contributed by atoms with Gasteiger partial charge in [0.1, 0.15) is 11.6 Å². The number of carbonyl (C=O) groups is 1. The minimum Gasteiger partial charge on any atom is -0.496 e. The molecule has 0 unspecified atom stereocenters. The van der Waals surface area contributed by atoms with Gasteiger partial charge >= 0.3 is 0 Å². The van der Waals surface area contributed by atoms with Crippen LogP contribution in [0, 0.1) is 12.7 Å². The molecule has 0 atom stereocenters. The number of benzene rings is 2. The molecular weight excluding hydrogens is 311 g/mol. The topological polar surface area (TPSA) is 26.3 Å². The standard InChI is InChI=1S/C15H12BrFO2/c1-9-7-11(17)4-5-12(9)15(18)10-3-6-14(19-2)13(16)8-10/h3-8H,1-2H3. The fraction of sp³-hybridized carbons (Fsp3) is 0.133. The Labute approximate surface area is 119 Å². The van der Waals surface area contributed by atoms with Crippen molar-refractivity contribution in [1.29, 1.82) is 0 Å². The predicted octanol–water partition coefficient (Wildman–Crippen LogP) is 4.14. The van der Waals surface area contributed by atoms with Crippen molar-refractivity contribution < 1.29 is 13.9 Å². The monoisotopic (exact) mass is 322 g/mol. The van der Waals surface area contributed by atoms with Crippen molar-refractivity contribution in [2.24, 2.45) is 0 Å². The van der Waals surface area contributed by atoms with Crippen LogP contribution in [0.1, 0.15) is 21.5 Å². The highest BCUT2D eigenvalue weighted by molar-refractivity contribution is 9.10. The van der Waals surface area contributed by atoms with Crippen LogP contribution in [-0.2, 0) is 0 Å². The largest absolute Gasteiger partial charge is 0.496 e. The average molecular weight is 323 g/mol. The highest BCUT2D eigenvalue weighted by atomic mass is 79.9. The van der Waals surface area contributed by atoms with Gasteiger partial charge < -0.3 is 4.74 Å². The Balaban J connectivity index is 2.41. The Morgan fingerprint density at radius 3 is 2.53 bits per heavy atom. The zero-order chi connectivity index (χ0) is 14.0. The van der Waals surface area contributed by atoms with E-state index in [1.165, 1.54) is 18.2 Å². The van der Waals surface area contributed by atoms with Gasteiger partial charge in [-0.15, -0.1) is 0 Å². The van der Waals surface area contributed by atoms with Crippen LogP contribution in [0.4, 0.5) is 4.39 Å². The van der Waals surface area contributed by atoms with Gasteiger partial charge in [-0.1, -0.05) is 0 Å². The van der Waals surface area contributed by atoms with Crippen molar-refractivity contribution in [2.75, 3.05) is 7.11 Å². The van der Waals surface area contributed by atoms with Gasteiger partial charge in [0.2, 0.25) is 0 Å². The summed E-state index contributed by atoms with van der Waals surface area (Å²) in [5, 5.41) is 0. The maximum absolute atomic E-state index is 13.0. The van der Waals surface area contributed by atoms with Gasteiger partial charge in [-0.05, 0) is 64.8 Å². The lowest BCUT2D eigenvalue weighted by molar-refractivity contribution is 0.103. The van der Waals surface area contributed by atoms with Crippen LogP contribution >= 0.6 is 15.9 Å². The molecule has 2 aromatic rings. The zero-order valence-corrected chi connectivity index (χ0v) is 12.1. The van der Waals surface area contributed by atoms with Crippen LogP contribution in [0.5, 0.6) is 5.75 Å². The molecule has 4 heteroatoms. The third kappa shape index (κ3) is 2.84. The fourth-order valence-corrected chi connectivity index (χ4v) is 2.39. The molecule has 0 aliphatic carbocycles. The first-order valence-electron chi connectivity index (χ1n) is 5.67. The van der Waals surface area contributed by atoms with Crippen molar-refractivity contribution in [3.8, 4) is 5.75 Å². The molecular formula is C15H12BrFO2. The third-order valence-electron chi connectivity index (χ3n) is 2.85. The Hall–Kier alpha value is -1.68. The van der Waals surface area contributed by atoms with E-state index in [4.69, 9.17) is 4.74 Å². The first-order chi connectivity index (χ1) is 9.02. The maximum Gasteiger partial charge on any atom is 0.193 e. The molecule has 2 rings (SSSR count). The second-order valence-corrected chi connectivity index (χ2v) is 4.99. The Kier molecular flexibility index (Phi) is 4.00. The van der Waals surface area contributed by atoms with Gasteiger partial charge in [0, 0.05) is 11.1 Å². The van der Waals surface area contributed by atoms with E-state index in [1.54, 1.807) is 32.2 Å². The molecule has 2 nitrogen and oxygen atoms in total. The summed E-state index contributed by atoms with van der Waals surface area (Å²) < 4.78 is 18.9. The third-order valence-corrected chi connectivity index (χ3v) is 3.47. The summed E-state index contributed by atoms with van der Waals surface area (Å²) in [5.74, 6) is 0.179. The van der Waals surface area contributed by atoms with E-state index >= 15 is 0 Å². The number of rotatable bonds is 3. The summed E-state index contributed by atoms with van der Waals surface area (Å²) in [7, 11) is 1.56. The SMILES string of the molecule is COc1ccc(C(=O)c2ccc(F)cc2C)cc1Br. The average Bonchev–Trinajstić information content (AvgIpc) is 2.38. The maximum atomic E-state index is 13.0. The summed E-state index contributed by atoms with van der Waals surface area (Å²) in [6, 6.07) is 9.25. The summed E-state index contributed by atoms with van der Waals surface area (Å²) in [6.45, 7) is 1.72. The zero-order valence-electron chi connectivity index (χ0n) is 10.5. The summed E-state index contributed by atoms with van der Waals surface area (Å²) in [4.78, 5) is 12.3. The van der Waals surface area contributed by atoms with Crippen molar-refractivity contribution in [2.45, 2.75) is 6.92 Å². The first kappa shape index (κ1) is 13.7. The molecule has 0 heterocycles. The quantitative estimate of drug-likeness (QED) is 0.794. The highest BCUT2D eigenvalue weighted by Crippen LogP contribution is 2.27. The van der Waals surface area contributed by atoms with E-state index in [0.717, 1.165) is 0 Å². The van der Waals surface area contributed by atoms with Gasteiger partial charge in [-0.2, -0.15) is 0 Å². The Morgan fingerprint density at radius 2 is 1.95 bits per heavy atom. The number of methoxy groups -OCH3 is 1. The fourth-order valence-electron chi connectivity index (χ4n) is 1.84. The summed E-state index contributed by atoms with van der Waals surface area (Å²) in [6.07, 6.45) is 0. The van der Waals surface area contributed by atoms with Crippen LogP contribution in [0.2, 0.25) is 0 Å². The van der Waals surface area contributed by atoms with Crippen molar-refractivity contribution in [3.05, 3.63) is 63.4 Å². The Morgan fingerprint density at radius 1 is 1.21 bits per heavy atom. The van der Waals surface area contributed by atoms with Crippen LogP contribution in [0.15, 0.2) is 40.9 Å². The normalized spacial score (nSPS) is 10.3. The molecule has 0 aliphatic heterocycles. The minimum atomic E-state index is -0.343. The van der Waals surface area contributed by atoms with Crippen LogP contribution in [0.25, 0.3) is 0 Å². The molecule has 2 aromatic carbocycles. The van der Waals surface area contributed by atoms with Gasteiger partial charge in [-0.25, -0.2) is 4.39 Å². The molecule has 0 amide bonds. The van der Waals surface area contributed by atoms with E-state index in [2.05, 4.69) is 15.9 Å². The van der Waals surface area contributed by atoms with E-state index in [-0.39, 0.29) is 11.6 Å². The van der Waals surface area contributed by atoms with Gasteiger partial charge in [-0.3, -0.25) is 4.79 Å². The highest BCUT2D eigenvalue weighted by Gasteiger charge is 2.13. The second kappa shape index (κ2) is 5.53. The van der Waals surface area contributed by atoms with Crippen LogP contribution in [0.3, 0.4) is 0 Å². The molecule has 0 radical (unpaired) electrons. The Bertz CT molecular complexity index is 638. The molecule has 0 bridgehead atoms. The molecule has 0 saturated heterocycles. The molecule has 0 fully saturated rings. The van der Waals surface area contributed by atoms with Gasteiger partial charge in [0.15, 0.2) is 5.78 Å². The smallest absolute Gasteiger partial charge is 0.193 e. The van der Waals surface area contributed by atoms with E-state index in [1.807, 2.05) is 0 Å². The summed E-state index contributed by atoms with van der Waals surface area (Å²) in [5.41, 5.74) is 1.65. The number of aryl methyl sites for hydroxylation is 1. The molecule has 19 heavy (non-hydrogen) atoms. The van der Waals surface area contributed by atoms with Crippen molar-refractivity contribution >= 4 is 21.7 Å². The minimum absolute atomic E-state index is 0.138. The number of hydrogen-bond acceptors (Lipinski definition) is 2.